The number of halogens is 1. The summed E-state index contributed by atoms with van der Waals surface area (Å²) in [5, 5.41) is 4.61. The van der Waals surface area contributed by atoms with Crippen molar-refractivity contribution in [2.75, 3.05) is 18.0 Å². The highest BCUT2D eigenvalue weighted by atomic mass is 19.1. The van der Waals surface area contributed by atoms with Crippen LogP contribution in [0.15, 0.2) is 23.0 Å². The summed E-state index contributed by atoms with van der Waals surface area (Å²) in [4.78, 5) is 15.1. The molecule has 1 heterocycles. The average molecular weight is 360 g/mol. The molecule has 5 nitrogen and oxygen atoms in total. The number of anilines is 1. The van der Waals surface area contributed by atoms with E-state index in [9.17, 15) is 9.18 Å². The predicted octanol–water partition coefficient (Wildman–Crippen LogP) is 3.32. The number of nitrogens with zero attached hydrogens (tertiary/aromatic N) is 3. The molecule has 0 unspecified atom stereocenters. The zero-order valence-corrected chi connectivity index (χ0v) is 16.3. The lowest BCUT2D eigenvalue weighted by molar-refractivity contribution is 0.464. The van der Waals surface area contributed by atoms with Gasteiger partial charge in [0, 0.05) is 42.9 Å². The first-order chi connectivity index (χ1) is 12.3. The summed E-state index contributed by atoms with van der Waals surface area (Å²) in [6.45, 7) is 12.2. The molecule has 2 rings (SSSR count). The maximum absolute atomic E-state index is 13.9. The van der Waals surface area contributed by atoms with Crippen LogP contribution >= 0.6 is 0 Å². The van der Waals surface area contributed by atoms with Gasteiger partial charge in [-0.3, -0.25) is 4.79 Å². The Morgan fingerprint density at radius 3 is 2.46 bits per heavy atom. The molecule has 0 fully saturated rings. The van der Waals surface area contributed by atoms with Crippen molar-refractivity contribution in [2.45, 2.75) is 47.7 Å². The molecule has 2 aromatic rings. The fourth-order valence-electron chi connectivity index (χ4n) is 3.17. The van der Waals surface area contributed by atoms with E-state index in [1.54, 1.807) is 12.1 Å². The Labute approximate surface area is 154 Å². The van der Waals surface area contributed by atoms with Crippen molar-refractivity contribution in [1.82, 2.24) is 9.78 Å². The molecule has 26 heavy (non-hydrogen) atoms. The minimum Gasteiger partial charge on any atom is -0.367 e. The number of hydrogen-bond acceptors (Lipinski definition) is 4. The summed E-state index contributed by atoms with van der Waals surface area (Å²) in [6.07, 6.45) is 0. The maximum atomic E-state index is 13.9. The first-order valence-corrected chi connectivity index (χ1v) is 9.19. The molecular formula is C20H29FN4O. The number of hydrogen-bond donors (Lipinski definition) is 1. The van der Waals surface area contributed by atoms with Gasteiger partial charge in [0.1, 0.15) is 11.5 Å². The van der Waals surface area contributed by atoms with E-state index in [0.29, 0.717) is 23.5 Å². The molecule has 0 saturated heterocycles. The molecule has 1 aromatic heterocycles. The normalized spacial score (nSPS) is 11.2. The van der Waals surface area contributed by atoms with Crippen LogP contribution in [0.3, 0.4) is 0 Å². The van der Waals surface area contributed by atoms with E-state index in [-0.39, 0.29) is 23.8 Å². The molecule has 0 aliphatic heterocycles. The lowest BCUT2D eigenvalue weighted by atomic mass is 10.0. The van der Waals surface area contributed by atoms with Crippen LogP contribution in [0.25, 0.3) is 11.3 Å². The van der Waals surface area contributed by atoms with E-state index in [2.05, 4.69) is 18.9 Å². The molecule has 0 saturated carbocycles. The molecule has 0 spiro atoms. The van der Waals surface area contributed by atoms with Crippen molar-refractivity contribution in [1.29, 1.82) is 0 Å². The van der Waals surface area contributed by atoms with Gasteiger partial charge in [-0.05, 0) is 44.9 Å². The quantitative estimate of drug-likeness (QED) is 0.823. The Bertz CT molecular complexity index is 825. The molecule has 0 radical (unpaired) electrons. The molecule has 1 aromatic carbocycles. The Balaban J connectivity index is 2.76. The van der Waals surface area contributed by atoms with Gasteiger partial charge >= 0.3 is 0 Å². The molecule has 0 aliphatic carbocycles. The fraction of sp³-hybridized carbons (Fsp3) is 0.500. The smallest absolute Gasteiger partial charge is 0.290 e. The molecule has 0 amide bonds. The van der Waals surface area contributed by atoms with Crippen molar-refractivity contribution in [3.63, 3.8) is 0 Å². The van der Waals surface area contributed by atoms with Crippen molar-refractivity contribution in [2.24, 2.45) is 11.7 Å². The van der Waals surface area contributed by atoms with E-state index >= 15 is 0 Å². The van der Waals surface area contributed by atoms with Crippen molar-refractivity contribution in [3.05, 3.63) is 45.5 Å². The van der Waals surface area contributed by atoms with E-state index in [1.165, 1.54) is 10.7 Å². The first-order valence-electron chi connectivity index (χ1n) is 9.19. The third-order valence-electron chi connectivity index (χ3n) is 4.52. The molecule has 142 valence electrons. The van der Waals surface area contributed by atoms with Gasteiger partial charge < -0.3 is 10.6 Å². The van der Waals surface area contributed by atoms with Gasteiger partial charge in [0.05, 0.1) is 5.69 Å². The number of aromatic nitrogens is 2. The number of benzene rings is 1. The molecule has 0 aliphatic rings. The van der Waals surface area contributed by atoms with E-state index in [4.69, 9.17) is 5.73 Å². The van der Waals surface area contributed by atoms with Gasteiger partial charge in [-0.2, -0.15) is 5.10 Å². The SMILES string of the molecule is CCN(CC)c1c(C)c(-c2ccc(F)c(CN)c2)nn(CC(C)C)c1=O. The monoisotopic (exact) mass is 360 g/mol. The van der Waals surface area contributed by atoms with Crippen molar-refractivity contribution < 1.29 is 4.39 Å². The van der Waals surface area contributed by atoms with Crippen molar-refractivity contribution in [3.8, 4) is 11.3 Å². The van der Waals surface area contributed by atoms with Gasteiger partial charge in [-0.1, -0.05) is 13.8 Å². The van der Waals surface area contributed by atoms with Crippen LogP contribution in [0, 0.1) is 18.7 Å². The Hall–Kier alpha value is -2.21. The average Bonchev–Trinajstić information content (AvgIpc) is 2.61. The highest BCUT2D eigenvalue weighted by molar-refractivity contribution is 5.70. The van der Waals surface area contributed by atoms with Crippen LogP contribution in [0.2, 0.25) is 0 Å². The van der Waals surface area contributed by atoms with Crippen LogP contribution in [0.4, 0.5) is 10.1 Å². The highest BCUT2D eigenvalue weighted by Gasteiger charge is 2.20. The van der Waals surface area contributed by atoms with Gasteiger partial charge in [0.2, 0.25) is 0 Å². The van der Waals surface area contributed by atoms with E-state index < -0.39 is 0 Å². The lowest BCUT2D eigenvalue weighted by Crippen LogP contribution is -2.35. The van der Waals surface area contributed by atoms with Gasteiger partial charge in [-0.15, -0.1) is 0 Å². The largest absolute Gasteiger partial charge is 0.367 e. The summed E-state index contributed by atoms with van der Waals surface area (Å²) in [7, 11) is 0. The summed E-state index contributed by atoms with van der Waals surface area (Å²) in [5.41, 5.74) is 8.96. The van der Waals surface area contributed by atoms with Crippen LogP contribution in [-0.4, -0.2) is 22.9 Å². The Morgan fingerprint density at radius 1 is 1.27 bits per heavy atom. The minimum absolute atomic E-state index is 0.0789. The van der Waals surface area contributed by atoms with Gasteiger partial charge in [0.25, 0.3) is 5.56 Å². The standard InChI is InChI=1S/C20H29FN4O/c1-6-24(7-2)19-14(5)18(23-25(20(19)26)12-13(3)4)15-8-9-17(21)16(10-15)11-22/h8-10,13H,6-7,11-12,22H2,1-5H3. The zero-order chi connectivity index (χ0) is 19.4. The van der Waals surface area contributed by atoms with E-state index in [0.717, 1.165) is 24.2 Å². The summed E-state index contributed by atoms with van der Waals surface area (Å²) in [6, 6.07) is 4.83. The molecular weight excluding hydrogens is 331 g/mol. The molecule has 6 heteroatoms. The third-order valence-corrected chi connectivity index (χ3v) is 4.52. The zero-order valence-electron chi connectivity index (χ0n) is 16.3. The summed E-state index contributed by atoms with van der Waals surface area (Å²) in [5.74, 6) is -0.0403. The molecule has 0 bridgehead atoms. The van der Waals surface area contributed by atoms with Crippen LogP contribution in [0.5, 0.6) is 0 Å². The third kappa shape index (κ3) is 3.96. The summed E-state index contributed by atoms with van der Waals surface area (Å²) >= 11 is 0. The van der Waals surface area contributed by atoms with Gasteiger partial charge in [0.15, 0.2) is 0 Å². The number of rotatable bonds is 7. The predicted molar refractivity (Wildman–Crippen MR) is 105 cm³/mol. The van der Waals surface area contributed by atoms with Crippen LogP contribution < -0.4 is 16.2 Å². The number of nitrogens with two attached hydrogens (primary N) is 1. The first kappa shape index (κ1) is 20.1. The fourth-order valence-corrected chi connectivity index (χ4v) is 3.17. The van der Waals surface area contributed by atoms with Crippen LogP contribution in [-0.2, 0) is 13.1 Å². The minimum atomic E-state index is -0.326. The summed E-state index contributed by atoms with van der Waals surface area (Å²) < 4.78 is 15.4. The topological polar surface area (TPSA) is 64.2 Å². The Morgan fingerprint density at radius 2 is 1.92 bits per heavy atom. The maximum Gasteiger partial charge on any atom is 0.290 e. The Kier molecular flexibility index (Phi) is 6.53. The lowest BCUT2D eigenvalue weighted by Gasteiger charge is -2.25. The van der Waals surface area contributed by atoms with E-state index in [1.807, 2.05) is 25.7 Å². The van der Waals surface area contributed by atoms with Crippen LogP contribution in [0.1, 0.15) is 38.8 Å². The second-order valence-electron chi connectivity index (χ2n) is 6.89. The second kappa shape index (κ2) is 8.45. The van der Waals surface area contributed by atoms with Gasteiger partial charge in [-0.25, -0.2) is 9.07 Å². The molecule has 2 N–H and O–H groups in total. The second-order valence-corrected chi connectivity index (χ2v) is 6.89. The highest BCUT2D eigenvalue weighted by Crippen LogP contribution is 2.28. The molecule has 0 atom stereocenters. The van der Waals surface area contributed by atoms with Crippen molar-refractivity contribution >= 4 is 5.69 Å².